The third-order valence-corrected chi connectivity index (χ3v) is 6.05. The Morgan fingerprint density at radius 3 is 2.31 bits per heavy atom. The Kier molecular flexibility index (Phi) is 6.96. The van der Waals surface area contributed by atoms with Crippen LogP contribution >= 0.6 is 0 Å². The Morgan fingerprint density at radius 2 is 1.62 bits per heavy atom. The molecule has 1 aliphatic heterocycles. The number of oxazole rings is 1. The molecule has 1 amide bonds. The van der Waals surface area contributed by atoms with E-state index in [-0.39, 0.29) is 11.9 Å². The summed E-state index contributed by atoms with van der Waals surface area (Å²) in [5.41, 5.74) is 1.77. The van der Waals surface area contributed by atoms with Gasteiger partial charge >= 0.3 is 0 Å². The molecule has 2 aromatic rings. The normalized spacial score (nSPS) is 19.7. The molecule has 0 bridgehead atoms. The topological polar surface area (TPSA) is 61.6 Å². The Hall–Kier alpha value is -2.18. The van der Waals surface area contributed by atoms with Gasteiger partial charge in [-0.3, -0.25) is 14.6 Å². The summed E-state index contributed by atoms with van der Waals surface area (Å²) in [7, 11) is 0. The summed E-state index contributed by atoms with van der Waals surface area (Å²) in [6.45, 7) is 5.70. The minimum Gasteiger partial charge on any atom is -0.447 e. The predicted octanol–water partition coefficient (Wildman–Crippen LogP) is 3.45. The number of benzene rings is 1. The van der Waals surface area contributed by atoms with Crippen LogP contribution in [0.1, 0.15) is 60.5 Å². The van der Waals surface area contributed by atoms with Crippen LogP contribution in [-0.2, 0) is 13.1 Å². The van der Waals surface area contributed by atoms with E-state index in [4.69, 9.17) is 4.42 Å². The van der Waals surface area contributed by atoms with Crippen molar-refractivity contribution in [2.75, 3.05) is 26.2 Å². The maximum atomic E-state index is 12.5. The first kappa shape index (κ1) is 20.1. The number of piperazine rings is 1. The van der Waals surface area contributed by atoms with E-state index in [0.717, 1.165) is 45.6 Å². The molecule has 1 N–H and O–H groups in total. The van der Waals surface area contributed by atoms with Crippen LogP contribution in [0.5, 0.6) is 0 Å². The molecule has 2 heterocycles. The van der Waals surface area contributed by atoms with E-state index in [1.54, 1.807) is 0 Å². The van der Waals surface area contributed by atoms with Crippen molar-refractivity contribution in [3.8, 4) is 0 Å². The minimum absolute atomic E-state index is 0.0976. The molecular formula is C23H32N4O2. The second kappa shape index (κ2) is 10.0. The minimum atomic E-state index is -0.0976. The van der Waals surface area contributed by atoms with Crippen LogP contribution in [0.2, 0.25) is 0 Å². The maximum absolute atomic E-state index is 12.5. The maximum Gasteiger partial charge on any atom is 0.273 e. The van der Waals surface area contributed by atoms with Crippen molar-refractivity contribution in [1.82, 2.24) is 20.1 Å². The highest BCUT2D eigenvalue weighted by molar-refractivity contribution is 5.92. The smallest absolute Gasteiger partial charge is 0.273 e. The van der Waals surface area contributed by atoms with Crippen LogP contribution in [0, 0.1) is 0 Å². The van der Waals surface area contributed by atoms with Gasteiger partial charge in [-0.2, -0.15) is 0 Å². The largest absolute Gasteiger partial charge is 0.447 e. The number of aromatic nitrogens is 1. The van der Waals surface area contributed by atoms with Crippen LogP contribution in [0.25, 0.3) is 0 Å². The fourth-order valence-electron chi connectivity index (χ4n) is 4.31. The monoisotopic (exact) mass is 396 g/mol. The van der Waals surface area contributed by atoms with Gasteiger partial charge in [0.05, 0.1) is 6.54 Å². The number of hydrogen-bond donors (Lipinski definition) is 1. The van der Waals surface area contributed by atoms with Gasteiger partial charge in [0.25, 0.3) is 5.91 Å². The molecule has 0 radical (unpaired) electrons. The quantitative estimate of drug-likeness (QED) is 0.758. The second-order valence-corrected chi connectivity index (χ2v) is 8.33. The highest BCUT2D eigenvalue weighted by Gasteiger charge is 2.21. The highest BCUT2D eigenvalue weighted by Crippen LogP contribution is 2.18. The first-order valence-electron chi connectivity index (χ1n) is 11.0. The summed E-state index contributed by atoms with van der Waals surface area (Å²) in [5.74, 6) is 0.534. The van der Waals surface area contributed by atoms with E-state index < -0.39 is 0 Å². The van der Waals surface area contributed by atoms with E-state index in [9.17, 15) is 4.79 Å². The van der Waals surface area contributed by atoms with Gasteiger partial charge < -0.3 is 9.73 Å². The lowest BCUT2D eigenvalue weighted by Gasteiger charge is -2.34. The number of hydrogen-bond acceptors (Lipinski definition) is 5. The van der Waals surface area contributed by atoms with E-state index in [1.807, 2.05) is 0 Å². The van der Waals surface area contributed by atoms with E-state index in [0.29, 0.717) is 18.1 Å². The molecule has 1 saturated heterocycles. The van der Waals surface area contributed by atoms with Gasteiger partial charge in [-0.25, -0.2) is 4.98 Å². The summed E-state index contributed by atoms with van der Waals surface area (Å²) in [6, 6.07) is 10.9. The lowest BCUT2D eigenvalue weighted by atomic mass is 10.1. The van der Waals surface area contributed by atoms with Crippen molar-refractivity contribution >= 4 is 5.91 Å². The Bertz CT molecular complexity index is 760. The SMILES string of the molecule is O=C(NC1CCCCCC1)c1coc(CN2CCN(Cc3ccccc3)CC2)n1. The first-order valence-corrected chi connectivity index (χ1v) is 11.0. The van der Waals surface area contributed by atoms with Gasteiger partial charge in [-0.15, -0.1) is 0 Å². The third-order valence-electron chi connectivity index (χ3n) is 6.05. The summed E-state index contributed by atoms with van der Waals surface area (Å²) in [4.78, 5) is 21.8. The molecule has 2 fully saturated rings. The fourth-order valence-corrected chi connectivity index (χ4v) is 4.31. The standard InChI is InChI=1S/C23H32N4O2/c28-23(24-20-10-6-1-2-7-11-20)21-18-29-22(25-21)17-27-14-12-26(13-15-27)16-19-8-4-3-5-9-19/h3-5,8-9,18,20H,1-2,6-7,10-17H2,(H,24,28). The molecule has 1 aromatic carbocycles. The van der Waals surface area contributed by atoms with Crippen LogP contribution in [0.4, 0.5) is 0 Å². The fraction of sp³-hybridized carbons (Fsp3) is 0.565. The molecule has 2 aliphatic rings. The number of amides is 1. The average Bonchev–Trinajstić information content (AvgIpc) is 3.06. The van der Waals surface area contributed by atoms with Gasteiger partial charge in [0.2, 0.25) is 5.89 Å². The molecule has 4 rings (SSSR count). The molecule has 29 heavy (non-hydrogen) atoms. The zero-order valence-corrected chi connectivity index (χ0v) is 17.2. The van der Waals surface area contributed by atoms with Crippen molar-refractivity contribution in [1.29, 1.82) is 0 Å². The number of nitrogens with zero attached hydrogens (tertiary/aromatic N) is 3. The lowest BCUT2D eigenvalue weighted by Crippen LogP contribution is -2.45. The van der Waals surface area contributed by atoms with Crippen LogP contribution < -0.4 is 5.32 Å². The molecular weight excluding hydrogens is 364 g/mol. The molecule has 1 aliphatic carbocycles. The van der Waals surface area contributed by atoms with Crippen molar-refractivity contribution < 1.29 is 9.21 Å². The molecule has 156 valence electrons. The van der Waals surface area contributed by atoms with Crippen molar-refractivity contribution in [2.45, 2.75) is 57.7 Å². The molecule has 1 saturated carbocycles. The summed E-state index contributed by atoms with van der Waals surface area (Å²) in [6.07, 6.45) is 8.61. The zero-order chi connectivity index (χ0) is 19.9. The summed E-state index contributed by atoms with van der Waals surface area (Å²) in [5, 5.41) is 3.14. The molecule has 0 spiro atoms. The number of carbonyl (C=O) groups excluding carboxylic acids is 1. The van der Waals surface area contributed by atoms with Gasteiger partial charge in [-0.05, 0) is 18.4 Å². The zero-order valence-electron chi connectivity index (χ0n) is 17.2. The average molecular weight is 397 g/mol. The van der Waals surface area contributed by atoms with Crippen molar-refractivity contribution in [2.24, 2.45) is 0 Å². The van der Waals surface area contributed by atoms with E-state index >= 15 is 0 Å². The van der Waals surface area contributed by atoms with Crippen LogP contribution in [0.3, 0.4) is 0 Å². The molecule has 1 aromatic heterocycles. The van der Waals surface area contributed by atoms with Crippen molar-refractivity contribution in [3.63, 3.8) is 0 Å². The van der Waals surface area contributed by atoms with Crippen LogP contribution in [-0.4, -0.2) is 52.9 Å². The Morgan fingerprint density at radius 1 is 0.966 bits per heavy atom. The van der Waals surface area contributed by atoms with Gasteiger partial charge in [-0.1, -0.05) is 56.0 Å². The summed E-state index contributed by atoms with van der Waals surface area (Å²) >= 11 is 0. The van der Waals surface area contributed by atoms with Gasteiger partial charge in [0.15, 0.2) is 5.69 Å². The number of carbonyl (C=O) groups is 1. The van der Waals surface area contributed by atoms with Crippen molar-refractivity contribution in [3.05, 3.63) is 53.7 Å². The van der Waals surface area contributed by atoms with Gasteiger partial charge in [0.1, 0.15) is 6.26 Å². The highest BCUT2D eigenvalue weighted by atomic mass is 16.3. The predicted molar refractivity (Wildman–Crippen MR) is 112 cm³/mol. The Labute approximate surface area is 173 Å². The lowest BCUT2D eigenvalue weighted by molar-refractivity contribution is 0.0928. The Balaban J connectivity index is 1.22. The molecule has 0 atom stereocenters. The van der Waals surface area contributed by atoms with Gasteiger partial charge in [0, 0.05) is 38.8 Å². The van der Waals surface area contributed by atoms with Crippen LogP contribution in [0.15, 0.2) is 41.0 Å². The molecule has 6 nitrogen and oxygen atoms in total. The second-order valence-electron chi connectivity index (χ2n) is 8.33. The third kappa shape index (κ3) is 5.90. The number of nitrogens with one attached hydrogen (secondary N) is 1. The van der Waals surface area contributed by atoms with E-state index in [1.165, 1.54) is 37.5 Å². The molecule has 0 unspecified atom stereocenters. The first-order chi connectivity index (χ1) is 14.3. The van der Waals surface area contributed by atoms with E-state index in [2.05, 4.69) is 50.4 Å². The summed E-state index contributed by atoms with van der Waals surface area (Å²) < 4.78 is 5.60. The molecule has 6 heteroatoms. The number of rotatable bonds is 6.